The number of nitrogens with zero attached hydrogens (tertiary/aromatic N) is 1. The Balaban J connectivity index is 2.24. The molecule has 2 nitrogen and oxygen atoms in total. The second-order valence-corrected chi connectivity index (χ2v) is 4.38. The van der Waals surface area contributed by atoms with E-state index in [1.54, 1.807) is 0 Å². The Morgan fingerprint density at radius 3 is 2.91 bits per heavy atom. The Morgan fingerprint density at radius 2 is 2.45 bits per heavy atom. The SMILES string of the molecule is CCCSC1CC(=O)N(C)C1. The Morgan fingerprint density at radius 1 is 1.73 bits per heavy atom. The predicted molar refractivity (Wildman–Crippen MR) is 48.8 cm³/mol. The molecule has 1 rings (SSSR count). The van der Waals surface area contributed by atoms with Crippen LogP contribution in [0.4, 0.5) is 0 Å². The number of hydrogen-bond acceptors (Lipinski definition) is 2. The molecule has 64 valence electrons. The number of likely N-dealkylation sites (tertiary alicyclic amines) is 1. The quantitative estimate of drug-likeness (QED) is 0.642. The fourth-order valence-electron chi connectivity index (χ4n) is 1.22. The van der Waals surface area contributed by atoms with Gasteiger partial charge in [0.1, 0.15) is 0 Å². The van der Waals surface area contributed by atoms with Crippen LogP contribution in [0.25, 0.3) is 0 Å². The summed E-state index contributed by atoms with van der Waals surface area (Å²) in [4.78, 5) is 12.9. The maximum Gasteiger partial charge on any atom is 0.223 e. The monoisotopic (exact) mass is 173 g/mol. The summed E-state index contributed by atoms with van der Waals surface area (Å²) in [5.74, 6) is 1.49. The molecule has 0 aromatic heterocycles. The molecule has 1 atom stereocenters. The molecule has 0 N–H and O–H groups in total. The highest BCUT2D eigenvalue weighted by molar-refractivity contribution is 7.99. The smallest absolute Gasteiger partial charge is 0.223 e. The summed E-state index contributed by atoms with van der Waals surface area (Å²) in [5.41, 5.74) is 0. The molecule has 0 radical (unpaired) electrons. The van der Waals surface area contributed by atoms with Gasteiger partial charge in [0.2, 0.25) is 5.91 Å². The van der Waals surface area contributed by atoms with E-state index in [0.717, 1.165) is 13.0 Å². The van der Waals surface area contributed by atoms with Crippen LogP contribution in [-0.4, -0.2) is 35.4 Å². The average Bonchev–Trinajstić information content (AvgIpc) is 2.28. The standard InChI is InChI=1S/C8H15NOS/c1-3-4-11-7-5-8(10)9(2)6-7/h7H,3-6H2,1-2H3. The van der Waals surface area contributed by atoms with Crippen molar-refractivity contribution in [1.29, 1.82) is 0 Å². The molecule has 1 saturated heterocycles. The van der Waals surface area contributed by atoms with Crippen molar-refractivity contribution in [3.05, 3.63) is 0 Å². The molecule has 0 aromatic rings. The van der Waals surface area contributed by atoms with Gasteiger partial charge in [-0.15, -0.1) is 0 Å². The van der Waals surface area contributed by atoms with Crippen LogP contribution in [0.5, 0.6) is 0 Å². The first kappa shape index (κ1) is 8.91. The summed E-state index contributed by atoms with van der Waals surface area (Å²) in [6.07, 6.45) is 1.96. The normalized spacial score (nSPS) is 24.7. The Hall–Kier alpha value is -0.180. The van der Waals surface area contributed by atoms with Crippen LogP contribution >= 0.6 is 11.8 Å². The lowest BCUT2D eigenvalue weighted by Gasteiger charge is -2.08. The lowest BCUT2D eigenvalue weighted by molar-refractivity contribution is -0.126. The van der Waals surface area contributed by atoms with E-state index in [-0.39, 0.29) is 0 Å². The lowest BCUT2D eigenvalue weighted by atomic mass is 10.4. The molecular formula is C8H15NOS. The van der Waals surface area contributed by atoms with Gasteiger partial charge < -0.3 is 4.90 Å². The van der Waals surface area contributed by atoms with E-state index >= 15 is 0 Å². The van der Waals surface area contributed by atoms with Gasteiger partial charge in [-0.2, -0.15) is 11.8 Å². The van der Waals surface area contributed by atoms with Crippen molar-refractivity contribution in [1.82, 2.24) is 4.90 Å². The lowest BCUT2D eigenvalue weighted by Crippen LogP contribution is -2.19. The van der Waals surface area contributed by atoms with Crippen molar-refractivity contribution < 1.29 is 4.79 Å². The van der Waals surface area contributed by atoms with Gasteiger partial charge in [0.05, 0.1) is 0 Å². The molecule has 1 amide bonds. The summed E-state index contributed by atoms with van der Waals surface area (Å²) in [6, 6.07) is 0. The van der Waals surface area contributed by atoms with Gasteiger partial charge in [-0.3, -0.25) is 4.79 Å². The number of carbonyl (C=O) groups excluding carboxylic acids is 1. The van der Waals surface area contributed by atoms with Gasteiger partial charge in [0, 0.05) is 25.3 Å². The maximum atomic E-state index is 11.1. The average molecular weight is 173 g/mol. The van der Waals surface area contributed by atoms with Crippen molar-refractivity contribution in [2.45, 2.75) is 25.0 Å². The molecule has 0 aliphatic carbocycles. The largest absolute Gasteiger partial charge is 0.345 e. The van der Waals surface area contributed by atoms with Gasteiger partial charge >= 0.3 is 0 Å². The van der Waals surface area contributed by atoms with Crippen LogP contribution < -0.4 is 0 Å². The summed E-state index contributed by atoms with van der Waals surface area (Å²) in [5, 5.41) is 0.562. The summed E-state index contributed by atoms with van der Waals surface area (Å²) < 4.78 is 0. The van der Waals surface area contributed by atoms with Crippen molar-refractivity contribution in [2.75, 3.05) is 19.3 Å². The zero-order valence-corrected chi connectivity index (χ0v) is 7.99. The van der Waals surface area contributed by atoms with Crippen molar-refractivity contribution in [3.63, 3.8) is 0 Å². The molecule has 1 fully saturated rings. The molecule has 0 bridgehead atoms. The fraction of sp³-hybridized carbons (Fsp3) is 0.875. The van der Waals surface area contributed by atoms with E-state index < -0.39 is 0 Å². The van der Waals surface area contributed by atoms with E-state index in [1.165, 1.54) is 12.2 Å². The topological polar surface area (TPSA) is 20.3 Å². The number of amides is 1. The number of thioether (sulfide) groups is 1. The van der Waals surface area contributed by atoms with Gasteiger partial charge in [0.25, 0.3) is 0 Å². The number of carbonyl (C=O) groups is 1. The maximum absolute atomic E-state index is 11.1. The van der Waals surface area contributed by atoms with E-state index in [0.29, 0.717) is 11.2 Å². The van der Waals surface area contributed by atoms with Gasteiger partial charge in [-0.05, 0) is 12.2 Å². The first-order valence-corrected chi connectivity index (χ1v) is 5.14. The van der Waals surface area contributed by atoms with Gasteiger partial charge in [-0.1, -0.05) is 6.92 Å². The highest BCUT2D eigenvalue weighted by Gasteiger charge is 2.26. The van der Waals surface area contributed by atoms with Crippen molar-refractivity contribution in [2.24, 2.45) is 0 Å². The number of rotatable bonds is 3. The molecule has 1 unspecified atom stereocenters. The van der Waals surface area contributed by atoms with Gasteiger partial charge in [0.15, 0.2) is 0 Å². The minimum Gasteiger partial charge on any atom is -0.345 e. The molecular weight excluding hydrogens is 158 g/mol. The molecule has 0 aromatic carbocycles. The third kappa shape index (κ3) is 2.40. The zero-order chi connectivity index (χ0) is 8.27. The van der Waals surface area contributed by atoms with E-state index in [2.05, 4.69) is 6.92 Å². The van der Waals surface area contributed by atoms with Crippen LogP contribution in [0.1, 0.15) is 19.8 Å². The third-order valence-electron chi connectivity index (χ3n) is 1.86. The summed E-state index contributed by atoms with van der Waals surface area (Å²) >= 11 is 1.93. The first-order valence-electron chi connectivity index (χ1n) is 4.09. The third-order valence-corrected chi connectivity index (χ3v) is 3.29. The minimum atomic E-state index is 0.304. The first-order chi connectivity index (χ1) is 5.24. The molecule has 3 heteroatoms. The van der Waals surface area contributed by atoms with Crippen molar-refractivity contribution in [3.8, 4) is 0 Å². The van der Waals surface area contributed by atoms with Crippen LogP contribution in [0.15, 0.2) is 0 Å². The Kier molecular flexibility index (Phi) is 3.24. The molecule has 1 heterocycles. The second kappa shape index (κ2) is 4.00. The molecule has 1 aliphatic rings. The highest BCUT2D eigenvalue weighted by Crippen LogP contribution is 2.22. The highest BCUT2D eigenvalue weighted by atomic mass is 32.2. The molecule has 11 heavy (non-hydrogen) atoms. The molecule has 1 aliphatic heterocycles. The van der Waals surface area contributed by atoms with Crippen LogP contribution in [0.2, 0.25) is 0 Å². The Labute approximate surface area is 72.3 Å². The Bertz CT molecular complexity index is 149. The molecule has 0 saturated carbocycles. The number of hydrogen-bond donors (Lipinski definition) is 0. The predicted octanol–water partition coefficient (Wildman–Crippen LogP) is 1.36. The minimum absolute atomic E-state index is 0.304. The van der Waals surface area contributed by atoms with E-state index in [1.807, 2.05) is 23.7 Å². The van der Waals surface area contributed by atoms with Crippen LogP contribution in [0, 0.1) is 0 Å². The van der Waals surface area contributed by atoms with Crippen LogP contribution in [-0.2, 0) is 4.79 Å². The second-order valence-electron chi connectivity index (χ2n) is 2.97. The van der Waals surface area contributed by atoms with Gasteiger partial charge in [-0.25, -0.2) is 0 Å². The zero-order valence-electron chi connectivity index (χ0n) is 7.17. The fourth-order valence-corrected chi connectivity index (χ4v) is 2.38. The summed E-state index contributed by atoms with van der Waals surface area (Å²) in [7, 11) is 1.88. The van der Waals surface area contributed by atoms with E-state index in [9.17, 15) is 4.79 Å². The van der Waals surface area contributed by atoms with E-state index in [4.69, 9.17) is 0 Å². The molecule has 0 spiro atoms. The van der Waals surface area contributed by atoms with Crippen LogP contribution in [0.3, 0.4) is 0 Å². The van der Waals surface area contributed by atoms with Crippen molar-refractivity contribution >= 4 is 17.7 Å². The summed E-state index contributed by atoms with van der Waals surface area (Å²) in [6.45, 7) is 3.12.